The van der Waals surface area contributed by atoms with Gasteiger partial charge in [-0.15, -0.1) is 0 Å². The van der Waals surface area contributed by atoms with Crippen molar-refractivity contribution in [1.82, 2.24) is 14.4 Å². The number of piperidine rings is 1. The molecule has 0 saturated carbocycles. The van der Waals surface area contributed by atoms with Gasteiger partial charge in [-0.05, 0) is 75.4 Å². The normalized spacial score (nSPS) is 16.3. The van der Waals surface area contributed by atoms with Crippen LogP contribution in [0, 0.1) is 4.91 Å². The molecule has 1 atom stereocenters. The summed E-state index contributed by atoms with van der Waals surface area (Å²) in [6.07, 6.45) is 1.76. The van der Waals surface area contributed by atoms with Crippen molar-refractivity contribution in [1.29, 1.82) is 0 Å². The number of ether oxygens (including phenoxy) is 4. The van der Waals surface area contributed by atoms with E-state index >= 15 is 0 Å². The number of carbonyl (C=O) groups excluding carboxylic acids is 1. The molecular weight excluding hydrogens is 576 g/mol. The molecule has 2 aliphatic rings. The molecular formula is C34H44N4O7. The fourth-order valence-electron chi connectivity index (χ4n) is 6.12. The van der Waals surface area contributed by atoms with Crippen LogP contribution in [0.4, 0.5) is 4.79 Å². The Labute approximate surface area is 264 Å². The van der Waals surface area contributed by atoms with Gasteiger partial charge in [0.1, 0.15) is 30.6 Å². The lowest BCUT2D eigenvalue weighted by atomic mass is 9.99. The number of likely N-dealkylation sites (tertiary alicyclic amines) is 1. The number of hydrogen-bond acceptors (Lipinski definition) is 9. The number of methoxy groups -OCH3 is 1. The zero-order valence-electron chi connectivity index (χ0n) is 26.9. The van der Waals surface area contributed by atoms with Crippen LogP contribution in [0.1, 0.15) is 64.1 Å². The highest BCUT2D eigenvalue weighted by Gasteiger charge is 2.32. The van der Waals surface area contributed by atoms with Crippen LogP contribution >= 0.6 is 0 Å². The second-order valence-corrected chi connectivity index (χ2v) is 12.7. The molecule has 2 aliphatic heterocycles. The van der Waals surface area contributed by atoms with E-state index in [9.17, 15) is 14.5 Å². The van der Waals surface area contributed by atoms with Crippen molar-refractivity contribution >= 4 is 17.0 Å². The van der Waals surface area contributed by atoms with E-state index in [0.717, 1.165) is 48.0 Å². The summed E-state index contributed by atoms with van der Waals surface area (Å²) in [6, 6.07) is 12.3. The van der Waals surface area contributed by atoms with Crippen LogP contribution < -0.4 is 19.8 Å². The quantitative estimate of drug-likeness (QED) is 0.258. The van der Waals surface area contributed by atoms with Gasteiger partial charge in [0.15, 0.2) is 11.5 Å². The van der Waals surface area contributed by atoms with Crippen molar-refractivity contribution in [3.8, 4) is 17.2 Å². The SMILES string of the molecule is CCC(N=O)c1cc(OC)cc2c1ccc(=O)n2CCN1CCC(N(Cc2ccc3c(c2)OCCO3)C(=O)OC(C)(C)C)CC1. The van der Waals surface area contributed by atoms with E-state index in [1.54, 1.807) is 23.8 Å². The first-order valence-corrected chi connectivity index (χ1v) is 15.7. The summed E-state index contributed by atoms with van der Waals surface area (Å²) in [7, 11) is 1.57. The van der Waals surface area contributed by atoms with Gasteiger partial charge in [0.25, 0.3) is 5.56 Å². The van der Waals surface area contributed by atoms with Crippen molar-refractivity contribution in [3.63, 3.8) is 0 Å². The molecule has 0 spiro atoms. The van der Waals surface area contributed by atoms with Crippen LogP contribution in [0.15, 0.2) is 52.4 Å². The van der Waals surface area contributed by atoms with Gasteiger partial charge in [0.2, 0.25) is 0 Å². The summed E-state index contributed by atoms with van der Waals surface area (Å²) >= 11 is 0. The number of amides is 1. The number of nitroso groups, excluding NO2 is 1. The van der Waals surface area contributed by atoms with E-state index in [1.165, 1.54) is 0 Å². The maximum absolute atomic E-state index is 13.4. The molecule has 1 amide bonds. The Kier molecular flexibility index (Phi) is 9.96. The van der Waals surface area contributed by atoms with E-state index in [4.69, 9.17) is 18.9 Å². The molecule has 0 aliphatic carbocycles. The first-order valence-electron chi connectivity index (χ1n) is 15.7. The van der Waals surface area contributed by atoms with Crippen molar-refractivity contribution in [2.45, 2.75) is 77.7 Å². The highest BCUT2D eigenvalue weighted by atomic mass is 16.6. The van der Waals surface area contributed by atoms with E-state index in [2.05, 4.69) is 10.1 Å². The molecule has 1 unspecified atom stereocenters. The lowest BCUT2D eigenvalue weighted by Crippen LogP contribution is -2.49. The average molecular weight is 621 g/mol. The van der Waals surface area contributed by atoms with Gasteiger partial charge in [0, 0.05) is 56.3 Å². The maximum Gasteiger partial charge on any atom is 0.410 e. The second-order valence-electron chi connectivity index (χ2n) is 12.7. The van der Waals surface area contributed by atoms with Gasteiger partial charge in [0.05, 0.1) is 12.6 Å². The number of nitrogens with zero attached hydrogens (tertiary/aromatic N) is 4. The molecule has 1 aromatic heterocycles. The Morgan fingerprint density at radius 2 is 1.78 bits per heavy atom. The van der Waals surface area contributed by atoms with Gasteiger partial charge in [-0.3, -0.25) is 4.79 Å². The van der Waals surface area contributed by atoms with Crippen LogP contribution in [0.5, 0.6) is 17.2 Å². The molecule has 0 bridgehead atoms. The third-order valence-corrected chi connectivity index (χ3v) is 8.45. The van der Waals surface area contributed by atoms with Crippen LogP contribution in [-0.4, -0.2) is 72.1 Å². The third kappa shape index (κ3) is 7.58. The third-order valence-electron chi connectivity index (χ3n) is 8.45. The van der Waals surface area contributed by atoms with E-state index in [1.807, 2.05) is 62.9 Å². The summed E-state index contributed by atoms with van der Waals surface area (Å²) in [5.74, 6) is 1.99. The predicted molar refractivity (Wildman–Crippen MR) is 172 cm³/mol. The summed E-state index contributed by atoms with van der Waals surface area (Å²) < 4.78 is 24.5. The number of carbonyl (C=O) groups is 1. The largest absolute Gasteiger partial charge is 0.497 e. The minimum Gasteiger partial charge on any atom is -0.497 e. The molecule has 242 valence electrons. The molecule has 3 aromatic rings. The van der Waals surface area contributed by atoms with Gasteiger partial charge < -0.3 is 33.3 Å². The molecule has 11 heteroatoms. The fourth-order valence-corrected chi connectivity index (χ4v) is 6.12. The minimum absolute atomic E-state index is 0.00165. The van der Waals surface area contributed by atoms with Crippen molar-refractivity contribution in [2.75, 3.05) is 40.0 Å². The maximum atomic E-state index is 13.4. The zero-order valence-corrected chi connectivity index (χ0v) is 26.9. The topological polar surface area (TPSA) is 112 Å². The van der Waals surface area contributed by atoms with Gasteiger partial charge in [-0.1, -0.05) is 18.2 Å². The molecule has 2 aromatic carbocycles. The summed E-state index contributed by atoms with van der Waals surface area (Å²) in [5.41, 5.74) is 1.71. The van der Waals surface area contributed by atoms with E-state index in [0.29, 0.717) is 56.5 Å². The lowest BCUT2D eigenvalue weighted by molar-refractivity contribution is 0.00562. The standard InChI is InChI=1S/C34H44N4O7/c1-6-28(35-41)27-20-25(42-5)21-29-26(27)8-10-32(39)37(29)16-15-36-13-11-24(12-14-36)38(33(40)45-34(2,3)4)22-23-7-9-30-31(19-23)44-18-17-43-30/h7-10,19-21,24,28H,6,11-18,22H2,1-5H3. The number of rotatable bonds is 10. The van der Waals surface area contributed by atoms with Crippen LogP contribution in [0.2, 0.25) is 0 Å². The predicted octanol–water partition coefficient (Wildman–Crippen LogP) is 5.90. The first-order chi connectivity index (χ1) is 21.6. The molecule has 11 nitrogen and oxygen atoms in total. The molecule has 0 N–H and O–H groups in total. The van der Waals surface area contributed by atoms with Crippen LogP contribution in [0.3, 0.4) is 0 Å². The Balaban J connectivity index is 1.30. The molecule has 3 heterocycles. The molecule has 0 radical (unpaired) electrons. The Hall–Kier alpha value is -4.12. The lowest BCUT2D eigenvalue weighted by Gasteiger charge is -2.39. The van der Waals surface area contributed by atoms with Gasteiger partial charge >= 0.3 is 6.09 Å². The van der Waals surface area contributed by atoms with Gasteiger partial charge in [-0.2, -0.15) is 4.91 Å². The summed E-state index contributed by atoms with van der Waals surface area (Å²) in [5, 5.41) is 4.15. The summed E-state index contributed by atoms with van der Waals surface area (Å²) in [6.45, 7) is 11.7. The number of aromatic nitrogens is 1. The monoisotopic (exact) mass is 620 g/mol. The highest BCUT2D eigenvalue weighted by molar-refractivity contribution is 5.85. The number of benzene rings is 2. The fraction of sp³-hybridized carbons (Fsp3) is 0.529. The molecule has 1 fully saturated rings. The number of fused-ring (bicyclic) bond motifs is 2. The smallest absolute Gasteiger partial charge is 0.410 e. The summed E-state index contributed by atoms with van der Waals surface area (Å²) in [4.78, 5) is 42.3. The average Bonchev–Trinajstić information content (AvgIpc) is 3.03. The van der Waals surface area contributed by atoms with E-state index in [-0.39, 0.29) is 17.7 Å². The zero-order chi connectivity index (χ0) is 32.1. The van der Waals surface area contributed by atoms with Gasteiger partial charge in [-0.25, -0.2) is 4.79 Å². The second kappa shape index (κ2) is 13.9. The van der Waals surface area contributed by atoms with Crippen LogP contribution in [-0.2, 0) is 17.8 Å². The number of hydrogen-bond donors (Lipinski definition) is 0. The van der Waals surface area contributed by atoms with Crippen molar-refractivity contribution in [3.05, 3.63) is 68.9 Å². The minimum atomic E-state index is -0.615. The Bertz CT molecular complexity index is 1570. The van der Waals surface area contributed by atoms with Crippen LogP contribution in [0.25, 0.3) is 10.9 Å². The number of pyridine rings is 1. The molecule has 45 heavy (non-hydrogen) atoms. The molecule has 1 saturated heterocycles. The van der Waals surface area contributed by atoms with Crippen molar-refractivity contribution < 1.29 is 23.7 Å². The Morgan fingerprint density at radius 1 is 1.04 bits per heavy atom. The Morgan fingerprint density at radius 3 is 2.44 bits per heavy atom. The van der Waals surface area contributed by atoms with Crippen molar-refractivity contribution in [2.24, 2.45) is 5.18 Å². The molecule has 5 rings (SSSR count). The highest BCUT2D eigenvalue weighted by Crippen LogP contribution is 2.34. The first kappa shape index (κ1) is 32.3. The van der Waals surface area contributed by atoms with E-state index < -0.39 is 11.6 Å².